The zero-order valence-corrected chi connectivity index (χ0v) is 6.61. The van der Waals surface area contributed by atoms with Crippen molar-refractivity contribution < 1.29 is 18.3 Å². The minimum atomic E-state index is -2.63. The molecule has 0 aromatic carbocycles. The Kier molecular flexibility index (Phi) is 3.31. The number of hydrogen-bond acceptors (Lipinski definition) is 3. The molecule has 0 amide bonds. The summed E-state index contributed by atoms with van der Waals surface area (Å²) in [5, 5.41) is 0. The highest BCUT2D eigenvalue weighted by atomic mass is 19.3. The van der Waals surface area contributed by atoms with Gasteiger partial charge in [0.05, 0.1) is 5.56 Å². The van der Waals surface area contributed by atoms with Crippen LogP contribution in [0.25, 0.3) is 0 Å². The molecule has 0 atom stereocenters. The van der Waals surface area contributed by atoms with Gasteiger partial charge in [-0.2, -0.15) is 0 Å². The van der Waals surface area contributed by atoms with Crippen molar-refractivity contribution in [2.75, 3.05) is 6.61 Å². The lowest BCUT2D eigenvalue weighted by molar-refractivity contribution is 0.0160. The van der Waals surface area contributed by atoms with E-state index in [9.17, 15) is 13.6 Å². The minimum absolute atomic E-state index is 0.218. The third-order valence-corrected chi connectivity index (χ3v) is 1.26. The molecule has 3 nitrogen and oxygen atoms in total. The molecule has 13 heavy (non-hydrogen) atoms. The van der Waals surface area contributed by atoms with Crippen molar-refractivity contribution in [2.24, 2.45) is 0 Å². The first-order chi connectivity index (χ1) is 6.20. The van der Waals surface area contributed by atoms with Gasteiger partial charge in [-0.1, -0.05) is 0 Å². The first kappa shape index (κ1) is 9.57. The Hall–Kier alpha value is -1.52. The fraction of sp³-hybridized carbons (Fsp3) is 0.250. The molecule has 0 saturated carbocycles. The molecule has 0 saturated heterocycles. The van der Waals surface area contributed by atoms with Crippen LogP contribution in [0.5, 0.6) is 0 Å². The number of nitrogens with zero attached hydrogens (tertiary/aromatic N) is 1. The van der Waals surface area contributed by atoms with Gasteiger partial charge in [0.1, 0.15) is 0 Å². The molecule has 0 unspecified atom stereocenters. The summed E-state index contributed by atoms with van der Waals surface area (Å²) in [5.41, 5.74) is 0.218. The molecule has 1 aromatic heterocycles. The summed E-state index contributed by atoms with van der Waals surface area (Å²) in [5.74, 6) is -0.761. The topological polar surface area (TPSA) is 39.2 Å². The number of hydrogen-bond donors (Lipinski definition) is 0. The van der Waals surface area contributed by atoms with Crippen molar-refractivity contribution in [1.29, 1.82) is 0 Å². The molecular formula is C8H7F2NO2. The number of esters is 1. The maximum atomic E-state index is 11.6. The molecule has 1 aromatic rings. The van der Waals surface area contributed by atoms with E-state index >= 15 is 0 Å². The standard InChI is InChI=1S/C8H7F2NO2/c9-7(10)5-13-8(12)6-1-3-11-4-2-6/h1-4,7H,5H2. The van der Waals surface area contributed by atoms with Crippen LogP contribution in [-0.4, -0.2) is 24.0 Å². The molecule has 0 aliphatic carbocycles. The van der Waals surface area contributed by atoms with Crippen LogP contribution < -0.4 is 0 Å². The Labute approximate surface area is 73.4 Å². The first-order valence-corrected chi connectivity index (χ1v) is 3.55. The molecule has 0 aliphatic heterocycles. The highest BCUT2D eigenvalue weighted by Crippen LogP contribution is 2.01. The van der Waals surface area contributed by atoms with Crippen LogP contribution in [0, 0.1) is 0 Å². The normalized spacial score (nSPS) is 10.1. The van der Waals surface area contributed by atoms with Crippen molar-refractivity contribution in [2.45, 2.75) is 6.43 Å². The van der Waals surface area contributed by atoms with E-state index in [1.165, 1.54) is 24.5 Å². The molecule has 0 spiro atoms. The number of carbonyl (C=O) groups excluding carboxylic acids is 1. The lowest BCUT2D eigenvalue weighted by atomic mass is 10.3. The van der Waals surface area contributed by atoms with Crippen LogP contribution in [0.4, 0.5) is 8.78 Å². The molecule has 1 rings (SSSR count). The van der Waals surface area contributed by atoms with Gasteiger partial charge in [0.2, 0.25) is 0 Å². The van der Waals surface area contributed by atoms with E-state index in [0.29, 0.717) is 0 Å². The van der Waals surface area contributed by atoms with E-state index in [4.69, 9.17) is 0 Å². The third-order valence-electron chi connectivity index (χ3n) is 1.26. The zero-order valence-electron chi connectivity index (χ0n) is 6.61. The highest BCUT2D eigenvalue weighted by Gasteiger charge is 2.09. The van der Waals surface area contributed by atoms with Gasteiger partial charge in [0, 0.05) is 12.4 Å². The quantitative estimate of drug-likeness (QED) is 0.673. The number of alkyl halides is 2. The van der Waals surface area contributed by atoms with E-state index in [1.807, 2.05) is 0 Å². The van der Waals surface area contributed by atoms with Crippen LogP contribution in [0.1, 0.15) is 10.4 Å². The molecule has 0 fully saturated rings. The van der Waals surface area contributed by atoms with Crippen molar-refractivity contribution in [3.8, 4) is 0 Å². The van der Waals surface area contributed by atoms with Gasteiger partial charge >= 0.3 is 5.97 Å². The van der Waals surface area contributed by atoms with Crippen LogP contribution in [0.2, 0.25) is 0 Å². The number of aromatic nitrogens is 1. The van der Waals surface area contributed by atoms with Crippen LogP contribution in [0.15, 0.2) is 24.5 Å². The van der Waals surface area contributed by atoms with Crippen molar-refractivity contribution in [3.05, 3.63) is 30.1 Å². The highest BCUT2D eigenvalue weighted by molar-refractivity contribution is 5.89. The Bertz CT molecular complexity index is 277. The second-order valence-corrected chi connectivity index (χ2v) is 2.23. The molecule has 0 radical (unpaired) electrons. The van der Waals surface area contributed by atoms with Gasteiger partial charge in [-0.25, -0.2) is 13.6 Å². The number of rotatable bonds is 3. The summed E-state index contributed by atoms with van der Waals surface area (Å²) < 4.78 is 27.5. The number of ether oxygens (including phenoxy) is 1. The van der Waals surface area contributed by atoms with E-state index in [0.717, 1.165) is 0 Å². The van der Waals surface area contributed by atoms with Crippen LogP contribution in [-0.2, 0) is 4.74 Å². The summed E-state index contributed by atoms with van der Waals surface area (Å²) >= 11 is 0. The molecule has 0 N–H and O–H groups in total. The smallest absolute Gasteiger partial charge is 0.338 e. The van der Waals surface area contributed by atoms with Gasteiger partial charge in [-0.15, -0.1) is 0 Å². The second kappa shape index (κ2) is 4.49. The monoisotopic (exact) mass is 187 g/mol. The fourth-order valence-corrected chi connectivity index (χ4v) is 0.710. The van der Waals surface area contributed by atoms with E-state index in [1.54, 1.807) is 0 Å². The molecular weight excluding hydrogens is 180 g/mol. The van der Waals surface area contributed by atoms with Crippen molar-refractivity contribution in [3.63, 3.8) is 0 Å². The molecule has 70 valence electrons. The molecule has 1 heterocycles. The summed E-state index contributed by atoms with van der Waals surface area (Å²) in [6.45, 7) is -0.874. The SMILES string of the molecule is O=C(OCC(F)F)c1ccncc1. The van der Waals surface area contributed by atoms with Crippen molar-refractivity contribution >= 4 is 5.97 Å². The Morgan fingerprint density at radius 3 is 2.62 bits per heavy atom. The second-order valence-electron chi connectivity index (χ2n) is 2.23. The number of halogens is 2. The number of carbonyl (C=O) groups is 1. The zero-order chi connectivity index (χ0) is 9.68. The van der Waals surface area contributed by atoms with Crippen molar-refractivity contribution in [1.82, 2.24) is 4.98 Å². The lowest BCUT2D eigenvalue weighted by Gasteiger charge is -2.02. The average molecular weight is 187 g/mol. The van der Waals surface area contributed by atoms with Crippen LogP contribution in [0.3, 0.4) is 0 Å². The molecule has 0 aliphatic rings. The van der Waals surface area contributed by atoms with E-state index in [-0.39, 0.29) is 5.56 Å². The van der Waals surface area contributed by atoms with Gasteiger partial charge in [-0.3, -0.25) is 4.98 Å². The maximum absolute atomic E-state index is 11.6. The third kappa shape index (κ3) is 3.14. The lowest BCUT2D eigenvalue weighted by Crippen LogP contribution is -2.11. The maximum Gasteiger partial charge on any atom is 0.338 e. The summed E-state index contributed by atoms with van der Waals surface area (Å²) in [6, 6.07) is 2.79. The molecule has 0 bridgehead atoms. The average Bonchev–Trinajstić information content (AvgIpc) is 2.15. The summed E-state index contributed by atoms with van der Waals surface area (Å²) in [7, 11) is 0. The predicted octanol–water partition coefficient (Wildman–Crippen LogP) is 1.50. The summed E-state index contributed by atoms with van der Waals surface area (Å²) in [4.78, 5) is 14.6. The van der Waals surface area contributed by atoms with Crippen LogP contribution >= 0.6 is 0 Å². The van der Waals surface area contributed by atoms with Gasteiger partial charge in [0.15, 0.2) is 6.61 Å². The minimum Gasteiger partial charge on any atom is -0.456 e. The Morgan fingerprint density at radius 2 is 2.08 bits per heavy atom. The van der Waals surface area contributed by atoms with E-state index in [2.05, 4.69) is 9.72 Å². The largest absolute Gasteiger partial charge is 0.456 e. The van der Waals surface area contributed by atoms with Gasteiger partial charge in [0.25, 0.3) is 6.43 Å². The van der Waals surface area contributed by atoms with Gasteiger partial charge in [-0.05, 0) is 12.1 Å². The Balaban J connectivity index is 2.50. The van der Waals surface area contributed by atoms with Gasteiger partial charge < -0.3 is 4.74 Å². The summed E-state index contributed by atoms with van der Waals surface area (Å²) in [6.07, 6.45) is 0.142. The van der Waals surface area contributed by atoms with E-state index < -0.39 is 19.0 Å². The fourth-order valence-electron chi connectivity index (χ4n) is 0.710. The Morgan fingerprint density at radius 1 is 1.46 bits per heavy atom. The first-order valence-electron chi connectivity index (χ1n) is 3.55. The molecule has 5 heteroatoms. The number of pyridine rings is 1. The predicted molar refractivity (Wildman–Crippen MR) is 40.5 cm³/mol.